The third kappa shape index (κ3) is 3.54. The molecule has 0 aliphatic heterocycles. The number of halogens is 3. The van der Waals surface area contributed by atoms with Gasteiger partial charge in [-0.3, -0.25) is 4.68 Å². The second-order valence-corrected chi connectivity index (χ2v) is 3.37. The number of nitrogens with one attached hydrogen (secondary N) is 1. The molecule has 4 N–H and O–H groups in total. The molecule has 0 aliphatic carbocycles. The topological polar surface area (TPSA) is 88.5 Å². The van der Waals surface area contributed by atoms with Crippen molar-refractivity contribution in [3.8, 4) is 0 Å². The summed E-state index contributed by atoms with van der Waals surface area (Å²) in [4.78, 5) is 0. The van der Waals surface area contributed by atoms with E-state index in [0.29, 0.717) is 0 Å². The number of anilines is 1. The van der Waals surface area contributed by atoms with Crippen LogP contribution in [0.25, 0.3) is 0 Å². The van der Waals surface area contributed by atoms with Crippen LogP contribution in [-0.2, 0) is 7.05 Å². The second-order valence-electron chi connectivity index (χ2n) is 3.37. The summed E-state index contributed by atoms with van der Waals surface area (Å²) in [5.74, 6) is -2.66. The fourth-order valence-corrected chi connectivity index (χ4v) is 1.17. The van der Waals surface area contributed by atoms with Crippen molar-refractivity contribution in [3.63, 3.8) is 0 Å². The molecule has 17 heavy (non-hydrogen) atoms. The van der Waals surface area contributed by atoms with E-state index >= 15 is 0 Å². The third-order valence-corrected chi connectivity index (χ3v) is 2.07. The summed E-state index contributed by atoms with van der Waals surface area (Å²) in [5.41, 5.74) is 4.99. The number of amidine groups is 1. The standard InChI is InChI=1S/C8H12F3N5O/c1-16-3-2-6(14-16)13-4-5(7(12)15-17)8(9,10)11/h2-3,5,17H,4H2,1H3,(H2,12,15)(H,13,14). The average molecular weight is 251 g/mol. The molecule has 0 radical (unpaired) electrons. The predicted octanol–water partition coefficient (Wildman–Crippen LogP) is 0.757. The summed E-state index contributed by atoms with van der Waals surface area (Å²) in [6.45, 7) is -0.545. The van der Waals surface area contributed by atoms with Crippen molar-refractivity contribution in [1.82, 2.24) is 9.78 Å². The van der Waals surface area contributed by atoms with Crippen LogP contribution in [-0.4, -0.2) is 33.5 Å². The fourth-order valence-electron chi connectivity index (χ4n) is 1.17. The Labute approximate surface area is 94.9 Å². The molecule has 0 amide bonds. The molecule has 1 unspecified atom stereocenters. The number of aryl methyl sites for hydroxylation is 1. The molecule has 1 aromatic rings. The maximum Gasteiger partial charge on any atom is 0.400 e. The molecule has 0 aromatic carbocycles. The quantitative estimate of drug-likeness (QED) is 0.319. The lowest BCUT2D eigenvalue weighted by molar-refractivity contribution is -0.152. The zero-order valence-electron chi connectivity index (χ0n) is 8.94. The smallest absolute Gasteiger partial charge is 0.400 e. The first kappa shape index (κ1) is 13.1. The van der Waals surface area contributed by atoms with Crippen molar-refractivity contribution in [3.05, 3.63) is 12.3 Å². The van der Waals surface area contributed by atoms with Gasteiger partial charge in [-0.15, -0.1) is 0 Å². The van der Waals surface area contributed by atoms with Crippen molar-refractivity contribution < 1.29 is 18.4 Å². The van der Waals surface area contributed by atoms with E-state index in [-0.39, 0.29) is 5.82 Å². The van der Waals surface area contributed by atoms with Crippen LogP contribution in [0.5, 0.6) is 0 Å². The average Bonchev–Trinajstić information content (AvgIpc) is 2.62. The van der Waals surface area contributed by atoms with Crippen LogP contribution in [0, 0.1) is 5.92 Å². The summed E-state index contributed by atoms with van der Waals surface area (Å²) in [5, 5.41) is 17.0. The van der Waals surface area contributed by atoms with Gasteiger partial charge in [-0.1, -0.05) is 5.16 Å². The molecule has 0 bridgehead atoms. The Morgan fingerprint density at radius 3 is 2.76 bits per heavy atom. The molecule has 1 heterocycles. The number of hydrogen-bond donors (Lipinski definition) is 3. The molecular weight excluding hydrogens is 239 g/mol. The van der Waals surface area contributed by atoms with Crippen LogP contribution in [0.1, 0.15) is 0 Å². The molecule has 9 heteroatoms. The van der Waals surface area contributed by atoms with Gasteiger partial charge in [-0.05, 0) is 0 Å². The maximum atomic E-state index is 12.5. The van der Waals surface area contributed by atoms with Gasteiger partial charge in [0.15, 0.2) is 5.84 Å². The van der Waals surface area contributed by atoms with Crippen LogP contribution in [0.3, 0.4) is 0 Å². The van der Waals surface area contributed by atoms with E-state index < -0.39 is 24.5 Å². The van der Waals surface area contributed by atoms with Crippen molar-refractivity contribution in [2.45, 2.75) is 6.18 Å². The molecule has 1 atom stereocenters. The van der Waals surface area contributed by atoms with Crippen LogP contribution in [0.4, 0.5) is 19.0 Å². The molecule has 0 saturated heterocycles. The highest BCUT2D eigenvalue weighted by Crippen LogP contribution is 2.26. The summed E-state index contributed by atoms with van der Waals surface area (Å²) in [6.07, 6.45) is -3.01. The number of nitrogens with two attached hydrogens (primary N) is 1. The number of nitrogens with zero attached hydrogens (tertiary/aromatic N) is 3. The molecule has 1 aromatic heterocycles. The first-order valence-corrected chi connectivity index (χ1v) is 4.62. The van der Waals surface area contributed by atoms with Crippen LogP contribution >= 0.6 is 0 Å². The lowest BCUT2D eigenvalue weighted by atomic mass is 10.1. The minimum absolute atomic E-state index is 0.285. The molecule has 96 valence electrons. The summed E-state index contributed by atoms with van der Waals surface area (Å²) in [6, 6.07) is 1.51. The minimum atomic E-state index is -4.59. The van der Waals surface area contributed by atoms with Gasteiger partial charge < -0.3 is 16.3 Å². The van der Waals surface area contributed by atoms with Gasteiger partial charge in [0, 0.05) is 25.9 Å². The highest BCUT2D eigenvalue weighted by Gasteiger charge is 2.42. The van der Waals surface area contributed by atoms with Gasteiger partial charge in [0.2, 0.25) is 0 Å². The van der Waals surface area contributed by atoms with E-state index in [9.17, 15) is 13.2 Å². The van der Waals surface area contributed by atoms with Gasteiger partial charge in [0.1, 0.15) is 11.7 Å². The van der Waals surface area contributed by atoms with Crippen LogP contribution < -0.4 is 11.1 Å². The molecule has 0 aliphatic rings. The summed E-state index contributed by atoms with van der Waals surface area (Å²) in [7, 11) is 1.63. The lowest BCUT2D eigenvalue weighted by Crippen LogP contribution is -2.40. The minimum Gasteiger partial charge on any atom is -0.409 e. The van der Waals surface area contributed by atoms with Gasteiger partial charge in [-0.2, -0.15) is 18.3 Å². The van der Waals surface area contributed by atoms with Gasteiger partial charge in [0.25, 0.3) is 0 Å². The number of alkyl halides is 3. The molecule has 0 saturated carbocycles. The van der Waals surface area contributed by atoms with E-state index in [2.05, 4.69) is 15.6 Å². The molecule has 0 fully saturated rings. The first-order valence-electron chi connectivity index (χ1n) is 4.62. The van der Waals surface area contributed by atoms with Gasteiger partial charge in [-0.25, -0.2) is 0 Å². The summed E-state index contributed by atoms with van der Waals surface area (Å²) >= 11 is 0. The molecule has 0 spiro atoms. The normalized spacial score (nSPS) is 14.7. The van der Waals surface area contributed by atoms with E-state index in [0.717, 1.165) is 0 Å². The van der Waals surface area contributed by atoms with E-state index in [1.807, 2.05) is 0 Å². The lowest BCUT2D eigenvalue weighted by Gasteiger charge is -2.18. The molecular formula is C8H12F3N5O. The van der Waals surface area contributed by atoms with Crippen molar-refractivity contribution >= 4 is 11.7 Å². The van der Waals surface area contributed by atoms with Crippen LogP contribution in [0.15, 0.2) is 17.4 Å². The highest BCUT2D eigenvalue weighted by molar-refractivity contribution is 5.83. The Balaban J connectivity index is 2.68. The van der Waals surface area contributed by atoms with Crippen molar-refractivity contribution in [1.29, 1.82) is 0 Å². The van der Waals surface area contributed by atoms with E-state index in [1.165, 1.54) is 10.7 Å². The van der Waals surface area contributed by atoms with Gasteiger partial charge in [0.05, 0.1) is 0 Å². The Kier molecular flexibility index (Phi) is 3.81. The van der Waals surface area contributed by atoms with Gasteiger partial charge >= 0.3 is 6.18 Å². The predicted molar refractivity (Wildman–Crippen MR) is 54.7 cm³/mol. The second kappa shape index (κ2) is 4.93. The Hall–Kier alpha value is -1.93. The fraction of sp³-hybridized carbons (Fsp3) is 0.500. The zero-order valence-corrected chi connectivity index (χ0v) is 8.94. The maximum absolute atomic E-state index is 12.5. The highest BCUT2D eigenvalue weighted by atomic mass is 19.4. The number of aromatic nitrogens is 2. The monoisotopic (exact) mass is 251 g/mol. The molecule has 1 rings (SSSR count). The Morgan fingerprint density at radius 1 is 1.71 bits per heavy atom. The number of oxime groups is 1. The van der Waals surface area contributed by atoms with Crippen molar-refractivity contribution in [2.75, 3.05) is 11.9 Å². The third-order valence-electron chi connectivity index (χ3n) is 2.07. The van der Waals surface area contributed by atoms with Crippen LogP contribution in [0.2, 0.25) is 0 Å². The molecule has 6 nitrogen and oxygen atoms in total. The zero-order chi connectivity index (χ0) is 13.1. The van der Waals surface area contributed by atoms with E-state index in [1.54, 1.807) is 13.2 Å². The number of rotatable bonds is 4. The Morgan fingerprint density at radius 2 is 2.35 bits per heavy atom. The number of hydrogen-bond acceptors (Lipinski definition) is 4. The summed E-state index contributed by atoms with van der Waals surface area (Å²) < 4.78 is 39.0. The van der Waals surface area contributed by atoms with Crippen molar-refractivity contribution in [2.24, 2.45) is 23.9 Å². The van der Waals surface area contributed by atoms with E-state index in [4.69, 9.17) is 10.9 Å². The first-order chi connectivity index (χ1) is 7.84. The largest absolute Gasteiger partial charge is 0.409 e. The SMILES string of the molecule is Cn1ccc(NCC(/C(N)=N/O)C(F)(F)F)n1. The Bertz CT molecular complexity index is 400.